The second-order valence-electron chi connectivity index (χ2n) is 7.13. The van der Waals surface area contributed by atoms with Crippen LogP contribution in [-0.2, 0) is 4.74 Å². The van der Waals surface area contributed by atoms with Crippen molar-refractivity contribution in [2.75, 3.05) is 31.6 Å². The summed E-state index contributed by atoms with van der Waals surface area (Å²) in [5.41, 5.74) is 2.61. The molecule has 1 saturated heterocycles. The first kappa shape index (κ1) is 19.7. The Bertz CT molecular complexity index is 1000. The van der Waals surface area contributed by atoms with Gasteiger partial charge in [0.2, 0.25) is 0 Å². The topological polar surface area (TPSA) is 54.5 Å². The van der Waals surface area contributed by atoms with Crippen LogP contribution in [0, 0.1) is 0 Å². The summed E-state index contributed by atoms with van der Waals surface area (Å²) in [5, 5.41) is 5.09. The van der Waals surface area contributed by atoms with Gasteiger partial charge >= 0.3 is 0 Å². The van der Waals surface area contributed by atoms with E-state index in [9.17, 15) is 4.79 Å². The van der Waals surface area contributed by atoms with E-state index >= 15 is 0 Å². The first-order valence-electron chi connectivity index (χ1n) is 9.94. The van der Waals surface area contributed by atoms with E-state index in [2.05, 4.69) is 12.2 Å². The van der Waals surface area contributed by atoms with Gasteiger partial charge in [-0.1, -0.05) is 48.9 Å². The van der Waals surface area contributed by atoms with E-state index in [0.29, 0.717) is 42.7 Å². The molecule has 1 aliphatic heterocycles. The van der Waals surface area contributed by atoms with Gasteiger partial charge in [0.05, 0.1) is 30.3 Å². The molecule has 0 saturated carbocycles. The number of pyridine rings is 1. The maximum absolute atomic E-state index is 13.2. The van der Waals surface area contributed by atoms with Crippen LogP contribution in [0.1, 0.15) is 35.3 Å². The highest BCUT2D eigenvalue weighted by molar-refractivity contribution is 6.30. The van der Waals surface area contributed by atoms with Crippen molar-refractivity contribution in [1.29, 1.82) is 0 Å². The van der Waals surface area contributed by atoms with Crippen LogP contribution in [0.2, 0.25) is 5.02 Å². The number of hydrogen-bond acceptors (Lipinski definition) is 4. The summed E-state index contributed by atoms with van der Waals surface area (Å²) >= 11 is 6.03. The summed E-state index contributed by atoms with van der Waals surface area (Å²) in [7, 11) is 0. The molecule has 0 aliphatic carbocycles. The zero-order chi connectivity index (χ0) is 20.2. The lowest BCUT2D eigenvalue weighted by atomic mass is 10.0. The number of hydrogen-bond donors (Lipinski definition) is 1. The zero-order valence-corrected chi connectivity index (χ0v) is 17.2. The first-order chi connectivity index (χ1) is 14.2. The number of fused-ring (bicyclic) bond motifs is 1. The summed E-state index contributed by atoms with van der Waals surface area (Å²) in [6.07, 6.45) is 0.878. The van der Waals surface area contributed by atoms with Gasteiger partial charge in [0.15, 0.2) is 0 Å². The number of halogens is 1. The van der Waals surface area contributed by atoms with Gasteiger partial charge in [0.1, 0.15) is 5.82 Å². The maximum atomic E-state index is 13.2. The van der Waals surface area contributed by atoms with Gasteiger partial charge in [0.25, 0.3) is 5.91 Å². The van der Waals surface area contributed by atoms with E-state index in [1.165, 1.54) is 0 Å². The van der Waals surface area contributed by atoms with Crippen molar-refractivity contribution in [1.82, 2.24) is 9.88 Å². The lowest BCUT2D eigenvalue weighted by molar-refractivity contribution is 0.0304. The average Bonchev–Trinajstić information content (AvgIpc) is 2.77. The fraction of sp³-hybridized carbons (Fsp3) is 0.304. The number of morpholine rings is 1. The van der Waals surface area contributed by atoms with Crippen LogP contribution in [0.25, 0.3) is 10.9 Å². The fourth-order valence-electron chi connectivity index (χ4n) is 3.66. The molecule has 2 heterocycles. The molecule has 0 spiro atoms. The van der Waals surface area contributed by atoms with Crippen molar-refractivity contribution in [3.63, 3.8) is 0 Å². The van der Waals surface area contributed by atoms with E-state index in [1.54, 1.807) is 0 Å². The zero-order valence-electron chi connectivity index (χ0n) is 16.4. The number of anilines is 1. The lowest BCUT2D eigenvalue weighted by Gasteiger charge is -2.27. The van der Waals surface area contributed by atoms with Gasteiger partial charge in [-0.3, -0.25) is 4.79 Å². The summed E-state index contributed by atoms with van der Waals surface area (Å²) in [4.78, 5) is 19.8. The molecule has 1 aromatic heterocycles. The Balaban J connectivity index is 1.69. The number of nitrogens with zero attached hydrogens (tertiary/aromatic N) is 2. The Labute approximate surface area is 175 Å². The minimum Gasteiger partial charge on any atom is -0.378 e. The number of para-hydroxylation sites is 1. The number of amides is 1. The molecule has 1 aliphatic rings. The number of aromatic nitrogens is 1. The van der Waals surface area contributed by atoms with Crippen molar-refractivity contribution >= 4 is 34.2 Å². The molecule has 4 rings (SSSR count). The third kappa shape index (κ3) is 4.36. The third-order valence-corrected chi connectivity index (χ3v) is 5.50. The van der Waals surface area contributed by atoms with E-state index < -0.39 is 0 Å². The summed E-state index contributed by atoms with van der Waals surface area (Å²) in [6.45, 7) is 4.50. The molecule has 1 amide bonds. The van der Waals surface area contributed by atoms with E-state index in [4.69, 9.17) is 21.3 Å². The van der Waals surface area contributed by atoms with Crippen molar-refractivity contribution in [2.24, 2.45) is 0 Å². The second-order valence-corrected chi connectivity index (χ2v) is 7.57. The van der Waals surface area contributed by atoms with Crippen molar-refractivity contribution < 1.29 is 9.53 Å². The van der Waals surface area contributed by atoms with Gasteiger partial charge in [-0.2, -0.15) is 0 Å². The maximum Gasteiger partial charge on any atom is 0.254 e. The Morgan fingerprint density at radius 2 is 1.90 bits per heavy atom. The smallest absolute Gasteiger partial charge is 0.254 e. The Kier molecular flexibility index (Phi) is 5.97. The van der Waals surface area contributed by atoms with Crippen LogP contribution < -0.4 is 5.32 Å². The molecule has 3 aromatic rings. The third-order valence-electron chi connectivity index (χ3n) is 5.25. The molecule has 6 heteroatoms. The van der Waals surface area contributed by atoms with E-state index in [-0.39, 0.29) is 11.9 Å². The van der Waals surface area contributed by atoms with Crippen LogP contribution in [0.5, 0.6) is 0 Å². The highest BCUT2D eigenvalue weighted by Crippen LogP contribution is 2.27. The van der Waals surface area contributed by atoms with Crippen LogP contribution >= 0.6 is 11.6 Å². The Hall–Kier alpha value is -2.63. The number of nitrogens with one attached hydrogen (secondary N) is 1. The number of carbonyl (C=O) groups is 1. The van der Waals surface area contributed by atoms with Crippen molar-refractivity contribution in [3.05, 3.63) is 70.7 Å². The minimum absolute atomic E-state index is 0.0227. The van der Waals surface area contributed by atoms with Gasteiger partial charge < -0.3 is 15.0 Å². The average molecular weight is 410 g/mol. The SMILES string of the molecule is CCC(Nc1cc(C(=O)N2CCOCC2)c2ccccc2n1)c1ccc(Cl)cc1. The van der Waals surface area contributed by atoms with Gasteiger partial charge in [-0.15, -0.1) is 0 Å². The molecule has 0 bridgehead atoms. The highest BCUT2D eigenvalue weighted by atomic mass is 35.5. The standard InChI is InChI=1S/C23H24ClN3O2/c1-2-20(16-7-9-17(24)10-8-16)25-22-15-19(18-5-3-4-6-21(18)26-22)23(28)27-11-13-29-14-12-27/h3-10,15,20H,2,11-14H2,1H3,(H,25,26). The quantitative estimate of drug-likeness (QED) is 0.649. The van der Waals surface area contributed by atoms with Crippen LogP contribution in [-0.4, -0.2) is 42.1 Å². The molecule has 1 atom stereocenters. The van der Waals surface area contributed by atoms with Crippen LogP contribution in [0.3, 0.4) is 0 Å². The monoisotopic (exact) mass is 409 g/mol. The van der Waals surface area contributed by atoms with Gasteiger partial charge in [0, 0.05) is 23.5 Å². The Morgan fingerprint density at radius 1 is 1.17 bits per heavy atom. The predicted molar refractivity (Wildman–Crippen MR) is 117 cm³/mol. The molecule has 1 unspecified atom stereocenters. The molecule has 2 aromatic carbocycles. The molecule has 29 heavy (non-hydrogen) atoms. The summed E-state index contributed by atoms with van der Waals surface area (Å²) in [5.74, 6) is 0.719. The first-order valence-corrected chi connectivity index (χ1v) is 10.3. The largest absolute Gasteiger partial charge is 0.378 e. The van der Waals surface area contributed by atoms with Crippen molar-refractivity contribution in [3.8, 4) is 0 Å². The second kappa shape index (κ2) is 8.80. The molecule has 150 valence electrons. The molecule has 5 nitrogen and oxygen atoms in total. The van der Waals surface area contributed by atoms with Gasteiger partial charge in [-0.05, 0) is 36.2 Å². The Morgan fingerprint density at radius 3 is 2.62 bits per heavy atom. The van der Waals surface area contributed by atoms with E-state index in [0.717, 1.165) is 22.9 Å². The lowest BCUT2D eigenvalue weighted by Crippen LogP contribution is -2.40. The molecule has 0 radical (unpaired) electrons. The molecule has 1 fully saturated rings. The van der Waals surface area contributed by atoms with Crippen LogP contribution in [0.15, 0.2) is 54.6 Å². The molecule has 1 N–H and O–H groups in total. The number of benzene rings is 2. The number of ether oxygens (including phenoxy) is 1. The normalized spacial score (nSPS) is 15.3. The van der Waals surface area contributed by atoms with Gasteiger partial charge in [-0.25, -0.2) is 4.98 Å². The number of carbonyl (C=O) groups excluding carboxylic acids is 1. The molecular formula is C23H24ClN3O2. The van der Waals surface area contributed by atoms with Crippen LogP contribution in [0.4, 0.5) is 5.82 Å². The fourth-order valence-corrected chi connectivity index (χ4v) is 3.78. The predicted octanol–water partition coefficient (Wildman–Crippen LogP) is 4.92. The number of rotatable bonds is 5. The van der Waals surface area contributed by atoms with Crippen molar-refractivity contribution in [2.45, 2.75) is 19.4 Å². The minimum atomic E-state index is 0.0227. The highest BCUT2D eigenvalue weighted by Gasteiger charge is 2.22. The molecular weight excluding hydrogens is 386 g/mol. The summed E-state index contributed by atoms with van der Waals surface area (Å²) < 4.78 is 5.39. The van der Waals surface area contributed by atoms with E-state index in [1.807, 2.05) is 59.5 Å². The summed E-state index contributed by atoms with van der Waals surface area (Å²) in [6, 6.07) is 17.6.